The van der Waals surface area contributed by atoms with Gasteiger partial charge in [-0.1, -0.05) is 81.5 Å². The molecule has 320 valence electrons. The normalized spacial score (nSPS) is 18.7. The summed E-state index contributed by atoms with van der Waals surface area (Å²) in [4.78, 5) is 26.2. The van der Waals surface area contributed by atoms with Crippen molar-refractivity contribution in [1.82, 2.24) is 0 Å². The maximum atomic E-state index is 13.2. The number of esters is 2. The molecule has 0 saturated heterocycles. The summed E-state index contributed by atoms with van der Waals surface area (Å²) >= 11 is 0. The van der Waals surface area contributed by atoms with Crippen LogP contribution in [-0.2, 0) is 28.5 Å². The molecule has 2 saturated carbocycles. The molecular formula is C53H60O8. The van der Waals surface area contributed by atoms with Crippen LogP contribution in [0, 0.1) is 78.0 Å². The molecule has 0 spiro atoms. The zero-order valence-electron chi connectivity index (χ0n) is 35.9. The molecule has 2 aliphatic carbocycles. The van der Waals surface area contributed by atoms with Gasteiger partial charge in [-0.2, -0.15) is 0 Å². The Morgan fingerprint density at radius 1 is 0.607 bits per heavy atom. The van der Waals surface area contributed by atoms with Gasteiger partial charge in [-0.05, 0) is 154 Å². The molecule has 2 aromatic carbocycles. The van der Waals surface area contributed by atoms with Crippen molar-refractivity contribution in [2.45, 2.75) is 96.7 Å². The highest BCUT2D eigenvalue weighted by atomic mass is 16.6. The van der Waals surface area contributed by atoms with Crippen LogP contribution in [0.4, 0.5) is 0 Å². The lowest BCUT2D eigenvalue weighted by Crippen LogP contribution is -2.31. The molecule has 61 heavy (non-hydrogen) atoms. The first-order chi connectivity index (χ1) is 29.6. The van der Waals surface area contributed by atoms with Crippen LogP contribution >= 0.6 is 0 Å². The fourth-order valence-corrected chi connectivity index (χ4v) is 7.44. The van der Waals surface area contributed by atoms with Crippen molar-refractivity contribution in [3.05, 3.63) is 110 Å². The zero-order valence-corrected chi connectivity index (χ0v) is 35.9. The van der Waals surface area contributed by atoms with Gasteiger partial charge in [-0.15, -0.1) is 0 Å². The lowest BCUT2D eigenvalue weighted by molar-refractivity contribution is -0.155. The number of hydrogen-bond acceptors (Lipinski definition) is 8. The summed E-state index contributed by atoms with van der Waals surface area (Å²) < 4.78 is 34.9. The van der Waals surface area contributed by atoms with E-state index < -0.39 is 12.2 Å². The minimum absolute atomic E-state index is 0.104. The topological polar surface area (TPSA) is 89.5 Å². The molecule has 0 bridgehead atoms. The molecule has 0 aromatic heterocycles. The molecule has 2 atom stereocenters. The van der Waals surface area contributed by atoms with E-state index in [-0.39, 0.29) is 44.3 Å². The first-order valence-corrected chi connectivity index (χ1v) is 21.2. The van der Waals surface area contributed by atoms with Gasteiger partial charge in [0.2, 0.25) is 0 Å². The van der Waals surface area contributed by atoms with E-state index in [1.54, 1.807) is 19.1 Å². The first-order valence-electron chi connectivity index (χ1n) is 21.2. The van der Waals surface area contributed by atoms with Crippen molar-refractivity contribution in [3.8, 4) is 58.9 Å². The van der Waals surface area contributed by atoms with Crippen molar-refractivity contribution in [3.63, 3.8) is 0 Å². The fourth-order valence-electron chi connectivity index (χ4n) is 7.44. The predicted octanol–water partition coefficient (Wildman–Crippen LogP) is 9.87. The van der Waals surface area contributed by atoms with E-state index in [0.29, 0.717) is 53.6 Å². The number of aryl methyl sites for hydroxylation is 1. The number of hydrogen-bond donors (Lipinski definition) is 0. The zero-order chi connectivity index (χ0) is 43.7. The van der Waals surface area contributed by atoms with E-state index in [4.69, 9.17) is 28.4 Å². The molecule has 2 aromatic rings. The molecule has 4 rings (SSSR count). The van der Waals surface area contributed by atoms with Gasteiger partial charge in [0.05, 0.1) is 0 Å². The monoisotopic (exact) mass is 824 g/mol. The summed E-state index contributed by atoms with van der Waals surface area (Å²) in [7, 11) is 0. The van der Waals surface area contributed by atoms with Gasteiger partial charge in [0, 0.05) is 18.4 Å². The second-order valence-corrected chi connectivity index (χ2v) is 15.7. The van der Waals surface area contributed by atoms with Crippen molar-refractivity contribution in [2.75, 3.05) is 26.4 Å². The largest absolute Gasteiger partial charge is 0.490 e. The summed E-state index contributed by atoms with van der Waals surface area (Å²) in [5.74, 6) is 25.2. The van der Waals surface area contributed by atoms with E-state index in [9.17, 15) is 9.59 Å². The Morgan fingerprint density at radius 3 is 1.46 bits per heavy atom. The molecule has 0 N–H and O–H groups in total. The van der Waals surface area contributed by atoms with E-state index in [0.717, 1.165) is 62.5 Å². The Hall–Kier alpha value is -6.22. The van der Waals surface area contributed by atoms with Crippen molar-refractivity contribution in [1.29, 1.82) is 0 Å². The Morgan fingerprint density at radius 2 is 1.02 bits per heavy atom. The van der Waals surface area contributed by atoms with Crippen molar-refractivity contribution in [2.24, 2.45) is 23.7 Å². The highest BCUT2D eigenvalue weighted by molar-refractivity contribution is 5.70. The SMILES string of the molecule is C=CC(=C)OCC(COc1ccc(C)cc1)OC(=O)CC1CCC(CC2CCC(CC(=O)OC(COC(=C)C=C)COc3ccc(C#CC#CC#CC#CC)cc3)CC2)CC1. The van der Waals surface area contributed by atoms with Crippen molar-refractivity contribution < 1.29 is 38.0 Å². The molecule has 0 radical (unpaired) electrons. The second kappa shape index (κ2) is 26.8. The Balaban J connectivity index is 1.15. The van der Waals surface area contributed by atoms with Crippen LogP contribution in [0.3, 0.4) is 0 Å². The highest BCUT2D eigenvalue weighted by Gasteiger charge is 2.30. The Labute approximate surface area is 364 Å². The lowest BCUT2D eigenvalue weighted by Gasteiger charge is -2.34. The van der Waals surface area contributed by atoms with E-state index >= 15 is 0 Å². The quantitative estimate of drug-likeness (QED) is 0.0502. The minimum Gasteiger partial charge on any atom is -0.490 e. The second-order valence-electron chi connectivity index (χ2n) is 15.7. The molecule has 8 heteroatoms. The van der Waals surface area contributed by atoms with Gasteiger partial charge in [0.15, 0.2) is 12.2 Å². The summed E-state index contributed by atoms with van der Waals surface area (Å²) in [5, 5.41) is 0. The molecular weight excluding hydrogens is 765 g/mol. The molecule has 0 amide bonds. The molecule has 0 aliphatic heterocycles. The van der Waals surface area contributed by atoms with Crippen molar-refractivity contribution >= 4 is 11.9 Å². The highest BCUT2D eigenvalue weighted by Crippen LogP contribution is 2.40. The van der Waals surface area contributed by atoms with Crippen LogP contribution in [0.2, 0.25) is 0 Å². The number of rotatable bonds is 22. The number of carbonyl (C=O) groups excluding carboxylic acids is 2. The summed E-state index contributed by atoms with van der Waals surface area (Å²) in [6.45, 7) is 19.3. The molecule has 2 aliphatic rings. The van der Waals surface area contributed by atoms with E-state index in [2.05, 4.69) is 73.7 Å². The Kier molecular flexibility index (Phi) is 20.8. The number of ether oxygens (including phenoxy) is 6. The van der Waals surface area contributed by atoms with Gasteiger partial charge in [0.1, 0.15) is 49.4 Å². The molecule has 8 nitrogen and oxygen atoms in total. The summed E-state index contributed by atoms with van der Waals surface area (Å²) in [6, 6.07) is 15.0. The minimum atomic E-state index is -0.623. The van der Waals surface area contributed by atoms with Gasteiger partial charge < -0.3 is 28.4 Å². The van der Waals surface area contributed by atoms with Crippen LogP contribution in [0.5, 0.6) is 11.5 Å². The average molecular weight is 825 g/mol. The van der Waals surface area contributed by atoms with Crippen LogP contribution in [0.1, 0.15) is 88.7 Å². The fraction of sp³-hybridized carbons (Fsp3) is 0.434. The lowest BCUT2D eigenvalue weighted by atomic mass is 9.72. The number of carbonyl (C=O) groups is 2. The standard InChI is InChI=1S/C53H60O8/c1-7-10-11-12-13-14-15-16-43-27-31-49(32-28-43)59-39-51(37-57-42(6)9-3)61-53(55)35-47-25-21-45(22-26-47)33-44-19-23-46(24-20-44)34-52(54)60-50(36-56-41(5)8-2)38-58-48-29-17-40(4)18-30-48/h8-9,17-18,27-32,44-47,50-51H,2-3,5-6,19-26,33-39H2,1,4H3. The van der Waals surface area contributed by atoms with Gasteiger partial charge in [0.25, 0.3) is 0 Å². The van der Waals surface area contributed by atoms with E-state index in [1.165, 1.54) is 18.6 Å². The molecule has 0 heterocycles. The van der Waals surface area contributed by atoms with Gasteiger partial charge >= 0.3 is 11.9 Å². The van der Waals surface area contributed by atoms with Gasteiger partial charge in [-0.25, -0.2) is 0 Å². The Bertz CT molecular complexity index is 2020. The van der Waals surface area contributed by atoms with Crippen LogP contribution in [0.25, 0.3) is 0 Å². The smallest absolute Gasteiger partial charge is 0.306 e. The number of allylic oxidation sites excluding steroid dienone is 2. The molecule has 2 fully saturated rings. The maximum absolute atomic E-state index is 13.2. The number of benzene rings is 2. The first kappa shape index (κ1) is 47.5. The maximum Gasteiger partial charge on any atom is 0.306 e. The van der Waals surface area contributed by atoms with Crippen LogP contribution in [0.15, 0.2) is 98.5 Å². The average Bonchev–Trinajstić information content (AvgIpc) is 3.27. The van der Waals surface area contributed by atoms with Crippen LogP contribution < -0.4 is 9.47 Å². The third kappa shape index (κ3) is 19.1. The predicted molar refractivity (Wildman–Crippen MR) is 240 cm³/mol. The summed E-state index contributed by atoms with van der Waals surface area (Å²) in [6.07, 6.45) is 12.3. The molecule has 2 unspecified atom stereocenters. The third-order valence-electron chi connectivity index (χ3n) is 10.9. The third-order valence-corrected chi connectivity index (χ3v) is 10.9. The van der Waals surface area contributed by atoms with Crippen LogP contribution in [-0.4, -0.2) is 50.6 Å². The van der Waals surface area contributed by atoms with E-state index in [1.807, 2.05) is 43.3 Å². The van der Waals surface area contributed by atoms with Gasteiger partial charge in [-0.3, -0.25) is 9.59 Å². The summed E-state index contributed by atoms with van der Waals surface area (Å²) in [5.41, 5.74) is 1.92.